The van der Waals surface area contributed by atoms with Crippen molar-refractivity contribution >= 4 is 44.3 Å². The molecule has 0 aliphatic carbocycles. The predicted molar refractivity (Wildman–Crippen MR) is 115 cm³/mol. The zero-order valence-corrected chi connectivity index (χ0v) is 18.0. The van der Waals surface area contributed by atoms with E-state index in [2.05, 4.69) is 31.1 Å². The summed E-state index contributed by atoms with van der Waals surface area (Å²) in [5.41, 5.74) is 1.11. The normalized spacial score (nSPS) is 11.1. The lowest BCUT2D eigenvalue weighted by molar-refractivity contribution is -0.384. The van der Waals surface area contributed by atoms with Gasteiger partial charge >= 0.3 is 0 Å². The zero-order valence-electron chi connectivity index (χ0n) is 15.6. The Bertz CT molecular complexity index is 1300. The van der Waals surface area contributed by atoms with Gasteiger partial charge in [-0.05, 0) is 37.3 Å². The van der Waals surface area contributed by atoms with E-state index in [1.165, 1.54) is 23.9 Å². The average molecular weight is 488 g/mol. The monoisotopic (exact) mass is 487 g/mol. The second-order valence-electron chi connectivity index (χ2n) is 6.21. The Hall–Kier alpha value is -3.05. The van der Waals surface area contributed by atoms with Crippen LogP contribution in [0.5, 0.6) is 0 Å². The minimum atomic E-state index is -0.468. The first-order chi connectivity index (χ1) is 14.5. The molecule has 0 aliphatic heterocycles. The van der Waals surface area contributed by atoms with Gasteiger partial charge in [0.1, 0.15) is 0 Å². The van der Waals surface area contributed by atoms with Crippen molar-refractivity contribution in [2.75, 3.05) is 0 Å². The molecule has 0 atom stereocenters. The minimum absolute atomic E-state index is 0.00929. The number of aromatic nitrogens is 4. The molecular weight excluding hydrogens is 474 g/mol. The molecule has 2 aromatic heterocycles. The van der Waals surface area contributed by atoms with Gasteiger partial charge in [0.2, 0.25) is 11.7 Å². The maximum Gasteiger partial charge on any atom is 0.269 e. The summed E-state index contributed by atoms with van der Waals surface area (Å²) in [6.07, 6.45) is 0. The van der Waals surface area contributed by atoms with Gasteiger partial charge in [-0.25, -0.2) is 4.98 Å². The number of non-ortho nitro benzene ring substituents is 1. The van der Waals surface area contributed by atoms with E-state index in [9.17, 15) is 14.9 Å². The fourth-order valence-electron chi connectivity index (χ4n) is 2.85. The molecule has 0 fully saturated rings. The molecule has 0 aliphatic rings. The van der Waals surface area contributed by atoms with E-state index < -0.39 is 4.92 Å². The Balaban J connectivity index is 1.57. The molecule has 0 spiro atoms. The average Bonchev–Trinajstić information content (AvgIpc) is 3.22. The third-order valence-electron chi connectivity index (χ3n) is 4.33. The van der Waals surface area contributed by atoms with Gasteiger partial charge in [-0.3, -0.25) is 19.5 Å². The first kappa shape index (κ1) is 20.2. The SMILES string of the molecule is CCn1c(SCc2nc(-c3ccc([N+](=O)[O-])cc3)no2)nc2ccc(Br)cc2c1=O. The van der Waals surface area contributed by atoms with Crippen LogP contribution in [0.15, 0.2) is 61.4 Å². The van der Waals surface area contributed by atoms with Crippen LogP contribution in [0.2, 0.25) is 0 Å². The standard InChI is InChI=1S/C19H14BrN5O4S/c1-2-24-18(26)14-9-12(20)5-8-15(14)21-19(24)30-10-16-22-17(23-29-16)11-3-6-13(7-4-11)25(27)28/h3-9H,2,10H2,1H3. The number of rotatable bonds is 6. The van der Waals surface area contributed by atoms with Crippen LogP contribution in [0.3, 0.4) is 0 Å². The molecule has 30 heavy (non-hydrogen) atoms. The summed E-state index contributed by atoms with van der Waals surface area (Å²) in [6.45, 7) is 2.37. The maximum absolute atomic E-state index is 12.8. The third-order valence-corrected chi connectivity index (χ3v) is 5.78. The van der Waals surface area contributed by atoms with E-state index in [1.807, 2.05) is 13.0 Å². The van der Waals surface area contributed by atoms with Crippen LogP contribution in [0, 0.1) is 10.1 Å². The van der Waals surface area contributed by atoms with E-state index in [-0.39, 0.29) is 11.2 Å². The summed E-state index contributed by atoms with van der Waals surface area (Å²) in [5, 5.41) is 15.8. The second kappa shape index (κ2) is 8.36. The van der Waals surface area contributed by atoms with Crippen LogP contribution in [0.25, 0.3) is 22.3 Å². The summed E-state index contributed by atoms with van der Waals surface area (Å²) >= 11 is 4.71. The molecule has 0 bridgehead atoms. The molecule has 0 amide bonds. The quantitative estimate of drug-likeness (QED) is 0.169. The number of nitrogens with zero attached hydrogens (tertiary/aromatic N) is 5. The number of halogens is 1. The summed E-state index contributed by atoms with van der Waals surface area (Å²) in [7, 11) is 0. The molecule has 2 heterocycles. The Morgan fingerprint density at radius 3 is 2.67 bits per heavy atom. The molecule has 0 saturated heterocycles. The van der Waals surface area contributed by atoms with Crippen molar-refractivity contribution in [1.29, 1.82) is 0 Å². The number of nitro benzene ring substituents is 1. The lowest BCUT2D eigenvalue weighted by Crippen LogP contribution is -2.22. The van der Waals surface area contributed by atoms with Crippen LogP contribution in [0.1, 0.15) is 12.8 Å². The highest BCUT2D eigenvalue weighted by Crippen LogP contribution is 2.25. The number of thioether (sulfide) groups is 1. The molecule has 152 valence electrons. The molecule has 0 unspecified atom stereocenters. The van der Waals surface area contributed by atoms with E-state index in [0.29, 0.717) is 45.6 Å². The molecule has 4 aromatic rings. The van der Waals surface area contributed by atoms with Gasteiger partial charge < -0.3 is 4.52 Å². The van der Waals surface area contributed by atoms with Crippen molar-refractivity contribution < 1.29 is 9.45 Å². The van der Waals surface area contributed by atoms with E-state index >= 15 is 0 Å². The highest BCUT2D eigenvalue weighted by atomic mass is 79.9. The van der Waals surface area contributed by atoms with Crippen molar-refractivity contribution in [3.05, 3.63) is 73.3 Å². The molecular formula is C19H14BrN5O4S. The topological polar surface area (TPSA) is 117 Å². The van der Waals surface area contributed by atoms with Crippen LogP contribution in [-0.2, 0) is 12.3 Å². The number of benzene rings is 2. The maximum atomic E-state index is 12.8. The van der Waals surface area contributed by atoms with Gasteiger partial charge in [-0.1, -0.05) is 32.8 Å². The Labute approximate surface area is 182 Å². The Morgan fingerprint density at radius 2 is 1.97 bits per heavy atom. The third kappa shape index (κ3) is 3.98. The molecule has 4 rings (SSSR count). The first-order valence-electron chi connectivity index (χ1n) is 8.86. The number of hydrogen-bond acceptors (Lipinski definition) is 8. The van der Waals surface area contributed by atoms with Crippen LogP contribution < -0.4 is 5.56 Å². The van der Waals surface area contributed by atoms with Crippen molar-refractivity contribution in [3.8, 4) is 11.4 Å². The lowest BCUT2D eigenvalue weighted by atomic mass is 10.2. The van der Waals surface area contributed by atoms with E-state index in [1.54, 1.807) is 28.8 Å². The van der Waals surface area contributed by atoms with Crippen molar-refractivity contribution in [2.45, 2.75) is 24.4 Å². The highest BCUT2D eigenvalue weighted by Gasteiger charge is 2.15. The summed E-state index contributed by atoms with van der Waals surface area (Å²) in [5.74, 6) is 1.03. The molecule has 0 saturated carbocycles. The second-order valence-corrected chi connectivity index (χ2v) is 8.07. The van der Waals surface area contributed by atoms with Gasteiger partial charge in [0, 0.05) is 28.7 Å². The summed E-state index contributed by atoms with van der Waals surface area (Å²) in [4.78, 5) is 32.0. The number of hydrogen-bond donors (Lipinski definition) is 0. The summed E-state index contributed by atoms with van der Waals surface area (Å²) < 4.78 is 7.71. The van der Waals surface area contributed by atoms with Gasteiger partial charge in [-0.2, -0.15) is 4.98 Å². The fourth-order valence-corrected chi connectivity index (χ4v) is 4.11. The lowest BCUT2D eigenvalue weighted by Gasteiger charge is -2.10. The van der Waals surface area contributed by atoms with Gasteiger partial charge in [0.05, 0.1) is 21.6 Å². The van der Waals surface area contributed by atoms with Gasteiger partial charge in [-0.15, -0.1) is 0 Å². The van der Waals surface area contributed by atoms with Crippen LogP contribution in [0.4, 0.5) is 5.69 Å². The first-order valence-corrected chi connectivity index (χ1v) is 10.6. The zero-order chi connectivity index (χ0) is 21.3. The smallest absolute Gasteiger partial charge is 0.269 e. The predicted octanol–water partition coefficient (Wildman–Crippen LogP) is 4.43. The molecule has 0 N–H and O–H groups in total. The van der Waals surface area contributed by atoms with Crippen molar-refractivity contribution in [2.24, 2.45) is 0 Å². The van der Waals surface area contributed by atoms with Gasteiger partial charge in [0.15, 0.2) is 5.16 Å². The Kier molecular flexibility index (Phi) is 5.64. The fraction of sp³-hybridized carbons (Fsp3) is 0.158. The van der Waals surface area contributed by atoms with E-state index in [4.69, 9.17) is 4.52 Å². The Morgan fingerprint density at radius 1 is 1.20 bits per heavy atom. The van der Waals surface area contributed by atoms with Gasteiger partial charge in [0.25, 0.3) is 11.2 Å². The van der Waals surface area contributed by atoms with Crippen molar-refractivity contribution in [1.82, 2.24) is 19.7 Å². The van der Waals surface area contributed by atoms with Crippen molar-refractivity contribution in [3.63, 3.8) is 0 Å². The summed E-state index contributed by atoms with van der Waals surface area (Å²) in [6, 6.07) is 11.3. The molecule has 11 heteroatoms. The highest BCUT2D eigenvalue weighted by molar-refractivity contribution is 9.10. The van der Waals surface area contributed by atoms with Crippen LogP contribution >= 0.6 is 27.7 Å². The largest absolute Gasteiger partial charge is 0.338 e. The molecule has 9 nitrogen and oxygen atoms in total. The van der Waals surface area contributed by atoms with Crippen LogP contribution in [-0.4, -0.2) is 24.6 Å². The number of fused-ring (bicyclic) bond motifs is 1. The van der Waals surface area contributed by atoms with E-state index in [0.717, 1.165) is 4.47 Å². The molecule has 0 radical (unpaired) electrons. The minimum Gasteiger partial charge on any atom is -0.338 e. The molecule has 2 aromatic carbocycles. The number of nitro groups is 1.